The van der Waals surface area contributed by atoms with Gasteiger partial charge >= 0.3 is 0 Å². The summed E-state index contributed by atoms with van der Waals surface area (Å²) in [6.07, 6.45) is 1.79. The maximum atomic E-state index is 13.1. The normalized spacial score (nSPS) is 15.1. The highest BCUT2D eigenvalue weighted by Gasteiger charge is 2.32. The molecule has 4 rings (SSSR count). The summed E-state index contributed by atoms with van der Waals surface area (Å²) in [5, 5.41) is 12.1. The maximum Gasteiger partial charge on any atom is 0.270 e. The van der Waals surface area contributed by atoms with E-state index in [1.54, 1.807) is 23.2 Å². The molecule has 2 aromatic carbocycles. The van der Waals surface area contributed by atoms with Crippen LogP contribution in [0.2, 0.25) is 0 Å². The Morgan fingerprint density at radius 3 is 2.58 bits per heavy atom. The van der Waals surface area contributed by atoms with E-state index in [9.17, 15) is 23.3 Å². The summed E-state index contributed by atoms with van der Waals surface area (Å²) in [7, 11) is -3.88. The van der Waals surface area contributed by atoms with Crippen molar-refractivity contribution in [3.63, 3.8) is 0 Å². The van der Waals surface area contributed by atoms with E-state index in [1.165, 1.54) is 16.4 Å². The third kappa shape index (κ3) is 5.05. The lowest BCUT2D eigenvalue weighted by atomic mass is 10.2. The standard InChI is InChI=1S/C22H24N4O5S2/c1-16-9-10-17(26(28)29)15-20(16)33(30,31)25-13-11-24(12-14-25)22(27)8-4-7-21-23-18-5-2-3-6-19(18)32-21/h2-3,5-6,9-10,15H,4,7-8,11-14H2,1H3. The third-order valence-corrected chi connectivity index (χ3v) is 8.85. The molecule has 0 saturated carbocycles. The molecular weight excluding hydrogens is 464 g/mol. The fraction of sp³-hybridized carbons (Fsp3) is 0.364. The summed E-state index contributed by atoms with van der Waals surface area (Å²) in [6.45, 7) is 2.53. The minimum absolute atomic E-state index is 0.000288. The van der Waals surface area contributed by atoms with Crippen molar-refractivity contribution in [3.8, 4) is 0 Å². The maximum absolute atomic E-state index is 13.1. The number of carbonyl (C=O) groups excluding carboxylic acids is 1. The van der Waals surface area contributed by atoms with Crippen LogP contribution < -0.4 is 0 Å². The van der Waals surface area contributed by atoms with Crippen LogP contribution in [0.15, 0.2) is 47.4 Å². The second kappa shape index (κ2) is 9.54. The number of fused-ring (bicyclic) bond motifs is 1. The number of rotatable bonds is 7. The van der Waals surface area contributed by atoms with E-state index in [2.05, 4.69) is 4.98 Å². The molecule has 3 aromatic rings. The van der Waals surface area contributed by atoms with Crippen molar-refractivity contribution in [1.29, 1.82) is 0 Å². The molecule has 2 heterocycles. The van der Waals surface area contributed by atoms with Crippen molar-refractivity contribution in [2.75, 3.05) is 26.2 Å². The lowest BCUT2D eigenvalue weighted by Crippen LogP contribution is -2.50. The number of nitro benzene ring substituents is 1. The molecule has 0 spiro atoms. The fourth-order valence-corrected chi connectivity index (χ4v) is 6.55. The molecule has 1 amide bonds. The number of sulfonamides is 1. The Morgan fingerprint density at radius 2 is 1.88 bits per heavy atom. The zero-order valence-corrected chi connectivity index (χ0v) is 19.8. The van der Waals surface area contributed by atoms with E-state index in [4.69, 9.17) is 0 Å². The summed E-state index contributed by atoms with van der Waals surface area (Å²) >= 11 is 1.64. The topological polar surface area (TPSA) is 114 Å². The predicted octanol–water partition coefficient (Wildman–Crippen LogP) is 3.37. The number of nitrogens with zero attached hydrogens (tertiary/aromatic N) is 4. The van der Waals surface area contributed by atoms with Crippen LogP contribution in [0, 0.1) is 17.0 Å². The second-order valence-corrected chi connectivity index (χ2v) is 10.9. The molecule has 0 atom stereocenters. The number of para-hydroxylation sites is 1. The largest absolute Gasteiger partial charge is 0.340 e. The van der Waals surface area contributed by atoms with Crippen LogP contribution in [-0.2, 0) is 21.2 Å². The number of nitro groups is 1. The first kappa shape index (κ1) is 23.3. The van der Waals surface area contributed by atoms with Crippen molar-refractivity contribution in [2.45, 2.75) is 31.1 Å². The first-order chi connectivity index (χ1) is 15.8. The van der Waals surface area contributed by atoms with Gasteiger partial charge in [0.15, 0.2) is 0 Å². The first-order valence-corrected chi connectivity index (χ1v) is 12.9. The van der Waals surface area contributed by atoms with Crippen LogP contribution in [-0.4, -0.2) is 59.6 Å². The Labute approximate surface area is 195 Å². The second-order valence-electron chi connectivity index (χ2n) is 7.92. The van der Waals surface area contributed by atoms with Crippen LogP contribution in [0.1, 0.15) is 23.4 Å². The molecule has 174 valence electrons. The lowest BCUT2D eigenvalue weighted by Gasteiger charge is -2.34. The Hall–Kier alpha value is -2.89. The SMILES string of the molecule is Cc1ccc([N+](=O)[O-])cc1S(=O)(=O)N1CCN(C(=O)CCCc2nc3ccccc3s2)CC1. The third-order valence-electron chi connectivity index (χ3n) is 5.71. The van der Waals surface area contributed by atoms with Gasteiger partial charge in [0.1, 0.15) is 0 Å². The molecule has 1 aliphatic rings. The Balaban J connectivity index is 1.32. The Bertz CT molecular complexity index is 1260. The smallest absolute Gasteiger partial charge is 0.270 e. The van der Waals surface area contributed by atoms with Crippen LogP contribution >= 0.6 is 11.3 Å². The molecule has 1 fully saturated rings. The van der Waals surface area contributed by atoms with Gasteiger partial charge in [-0.05, 0) is 37.5 Å². The van der Waals surface area contributed by atoms with Crippen molar-refractivity contribution in [3.05, 3.63) is 63.1 Å². The molecule has 11 heteroatoms. The highest BCUT2D eigenvalue weighted by Crippen LogP contribution is 2.26. The predicted molar refractivity (Wildman–Crippen MR) is 126 cm³/mol. The zero-order chi connectivity index (χ0) is 23.6. The highest BCUT2D eigenvalue weighted by molar-refractivity contribution is 7.89. The van der Waals surface area contributed by atoms with Crippen LogP contribution in [0.5, 0.6) is 0 Å². The lowest BCUT2D eigenvalue weighted by molar-refractivity contribution is -0.385. The van der Waals surface area contributed by atoms with Gasteiger partial charge in [-0.3, -0.25) is 14.9 Å². The number of amides is 1. The number of non-ortho nitro benzene ring substituents is 1. The van der Waals surface area contributed by atoms with Crippen molar-refractivity contribution >= 4 is 43.2 Å². The number of thiazole rings is 1. The number of carbonyl (C=O) groups is 1. The Kier molecular flexibility index (Phi) is 6.73. The molecule has 1 saturated heterocycles. The van der Waals surface area contributed by atoms with E-state index in [1.807, 2.05) is 24.3 Å². The van der Waals surface area contributed by atoms with Crippen molar-refractivity contribution in [1.82, 2.24) is 14.2 Å². The van der Waals surface area contributed by atoms with Gasteiger partial charge in [0, 0.05) is 44.7 Å². The monoisotopic (exact) mass is 488 g/mol. The van der Waals surface area contributed by atoms with E-state index >= 15 is 0 Å². The van der Waals surface area contributed by atoms with Gasteiger partial charge in [-0.25, -0.2) is 13.4 Å². The quantitative estimate of drug-likeness (QED) is 0.372. The molecule has 1 aromatic heterocycles. The number of aryl methyl sites for hydroxylation is 2. The highest BCUT2D eigenvalue weighted by atomic mass is 32.2. The van der Waals surface area contributed by atoms with Crippen molar-refractivity contribution in [2.24, 2.45) is 0 Å². The number of piperazine rings is 1. The molecule has 0 unspecified atom stereocenters. The molecule has 0 bridgehead atoms. The van der Waals surface area contributed by atoms with E-state index in [-0.39, 0.29) is 29.6 Å². The van der Waals surface area contributed by atoms with Crippen LogP contribution in [0.25, 0.3) is 10.2 Å². The minimum atomic E-state index is -3.88. The fourth-order valence-electron chi connectivity index (χ4n) is 3.87. The number of hydrogen-bond acceptors (Lipinski definition) is 7. The van der Waals surface area contributed by atoms with E-state index < -0.39 is 14.9 Å². The molecule has 9 nitrogen and oxygen atoms in total. The van der Waals surface area contributed by atoms with Gasteiger partial charge in [-0.2, -0.15) is 4.31 Å². The van der Waals surface area contributed by atoms with Gasteiger partial charge in [0.25, 0.3) is 5.69 Å². The average Bonchev–Trinajstić information content (AvgIpc) is 3.22. The molecular formula is C22H24N4O5S2. The minimum Gasteiger partial charge on any atom is -0.340 e. The Morgan fingerprint density at radius 1 is 1.15 bits per heavy atom. The van der Waals surface area contributed by atoms with Gasteiger partial charge in [0.2, 0.25) is 15.9 Å². The molecule has 0 radical (unpaired) electrons. The number of hydrogen-bond donors (Lipinski definition) is 0. The van der Waals surface area contributed by atoms with Gasteiger partial charge < -0.3 is 4.90 Å². The molecule has 0 N–H and O–H groups in total. The van der Waals surface area contributed by atoms with Gasteiger partial charge in [-0.1, -0.05) is 18.2 Å². The molecule has 0 aliphatic carbocycles. The van der Waals surface area contributed by atoms with Crippen LogP contribution in [0.3, 0.4) is 0 Å². The summed E-state index contributed by atoms with van der Waals surface area (Å²) in [5.74, 6) is -0.000288. The average molecular weight is 489 g/mol. The van der Waals surface area contributed by atoms with E-state index in [0.717, 1.165) is 27.7 Å². The van der Waals surface area contributed by atoms with E-state index in [0.29, 0.717) is 31.5 Å². The van der Waals surface area contributed by atoms with Crippen molar-refractivity contribution < 1.29 is 18.1 Å². The van der Waals surface area contributed by atoms with Gasteiger partial charge in [0.05, 0.1) is 25.0 Å². The summed E-state index contributed by atoms with van der Waals surface area (Å²) < 4.78 is 28.5. The summed E-state index contributed by atoms with van der Waals surface area (Å²) in [4.78, 5) is 29.3. The number of benzene rings is 2. The summed E-state index contributed by atoms with van der Waals surface area (Å²) in [6, 6.07) is 11.8. The zero-order valence-electron chi connectivity index (χ0n) is 18.1. The molecule has 1 aliphatic heterocycles. The van der Waals surface area contributed by atoms with Crippen LogP contribution in [0.4, 0.5) is 5.69 Å². The number of aromatic nitrogens is 1. The molecule has 33 heavy (non-hydrogen) atoms. The first-order valence-electron chi connectivity index (χ1n) is 10.6. The summed E-state index contributed by atoms with van der Waals surface area (Å²) in [5.41, 5.74) is 1.16. The van der Waals surface area contributed by atoms with Gasteiger partial charge in [-0.15, -0.1) is 11.3 Å².